The Balaban J connectivity index is 1.78. The van der Waals surface area contributed by atoms with E-state index in [1.165, 1.54) is 5.56 Å². The van der Waals surface area contributed by atoms with Crippen LogP contribution in [0.1, 0.15) is 19.4 Å². The summed E-state index contributed by atoms with van der Waals surface area (Å²) in [7, 11) is 0. The van der Waals surface area contributed by atoms with Crippen molar-refractivity contribution in [3.63, 3.8) is 0 Å². The number of thioether (sulfide) groups is 1. The van der Waals surface area contributed by atoms with Crippen molar-refractivity contribution in [2.45, 2.75) is 31.6 Å². The minimum absolute atomic E-state index is 0.478. The van der Waals surface area contributed by atoms with E-state index in [1.807, 2.05) is 22.9 Å². The van der Waals surface area contributed by atoms with E-state index in [2.05, 4.69) is 59.0 Å². The van der Waals surface area contributed by atoms with Crippen LogP contribution in [-0.4, -0.2) is 38.5 Å². The van der Waals surface area contributed by atoms with Crippen molar-refractivity contribution in [3.05, 3.63) is 42.0 Å². The molecule has 0 aliphatic carbocycles. The lowest BCUT2D eigenvalue weighted by atomic mass is 10.2. The Labute approximate surface area is 129 Å². The molecule has 0 saturated heterocycles. The molecule has 0 aliphatic rings. The Bertz CT molecular complexity index is 550. The largest absolute Gasteiger partial charge is 0.313 e. The van der Waals surface area contributed by atoms with Gasteiger partial charge in [0.2, 0.25) is 5.16 Å². The highest BCUT2D eigenvalue weighted by molar-refractivity contribution is 7.99. The maximum atomic E-state index is 4.06. The Morgan fingerprint density at radius 1 is 1.29 bits per heavy atom. The number of aromatic nitrogens is 4. The molecule has 0 spiro atoms. The van der Waals surface area contributed by atoms with E-state index in [4.69, 9.17) is 0 Å². The molecule has 0 bridgehead atoms. The number of hydrogen-bond donors (Lipinski definition) is 1. The Morgan fingerprint density at radius 2 is 2.10 bits per heavy atom. The van der Waals surface area contributed by atoms with E-state index in [-0.39, 0.29) is 0 Å². The number of benzene rings is 1. The van der Waals surface area contributed by atoms with Crippen LogP contribution in [0.2, 0.25) is 0 Å². The van der Waals surface area contributed by atoms with Crippen LogP contribution in [0.25, 0.3) is 6.08 Å². The van der Waals surface area contributed by atoms with Crippen molar-refractivity contribution in [2.75, 3.05) is 12.3 Å². The smallest absolute Gasteiger partial charge is 0.209 e. The average molecular weight is 303 g/mol. The van der Waals surface area contributed by atoms with Crippen LogP contribution < -0.4 is 5.32 Å². The zero-order valence-corrected chi connectivity index (χ0v) is 13.3. The molecule has 5 nitrogen and oxygen atoms in total. The number of nitrogens with one attached hydrogen (secondary N) is 1. The Morgan fingerprint density at radius 3 is 2.86 bits per heavy atom. The SMILES string of the molecule is CC(C)NCCn1nnnc1SCC=Cc1ccccc1. The molecular formula is C15H21N5S. The van der Waals surface area contributed by atoms with Crippen LogP contribution in [-0.2, 0) is 6.54 Å². The normalized spacial score (nSPS) is 11.6. The van der Waals surface area contributed by atoms with Crippen LogP contribution in [0, 0.1) is 0 Å². The van der Waals surface area contributed by atoms with Gasteiger partial charge in [0, 0.05) is 18.3 Å². The van der Waals surface area contributed by atoms with Gasteiger partial charge in [0.25, 0.3) is 0 Å². The summed E-state index contributed by atoms with van der Waals surface area (Å²) in [5.74, 6) is 0.854. The molecule has 1 aromatic heterocycles. The van der Waals surface area contributed by atoms with E-state index in [0.29, 0.717) is 6.04 Å². The molecule has 0 aliphatic heterocycles. The molecule has 2 rings (SSSR count). The molecule has 0 saturated carbocycles. The molecule has 21 heavy (non-hydrogen) atoms. The van der Waals surface area contributed by atoms with Crippen molar-refractivity contribution in [1.29, 1.82) is 0 Å². The van der Waals surface area contributed by atoms with E-state index in [1.54, 1.807) is 11.8 Å². The molecule has 112 valence electrons. The molecule has 0 radical (unpaired) electrons. The zero-order chi connectivity index (χ0) is 14.9. The van der Waals surface area contributed by atoms with Crippen molar-refractivity contribution >= 4 is 17.8 Å². The van der Waals surface area contributed by atoms with Gasteiger partial charge in [-0.25, -0.2) is 4.68 Å². The summed E-state index contributed by atoms with van der Waals surface area (Å²) in [5.41, 5.74) is 1.21. The molecule has 1 heterocycles. The third kappa shape index (κ3) is 5.69. The second-order valence-corrected chi connectivity index (χ2v) is 5.90. The quantitative estimate of drug-likeness (QED) is 0.759. The summed E-state index contributed by atoms with van der Waals surface area (Å²) in [6.07, 6.45) is 4.24. The highest BCUT2D eigenvalue weighted by atomic mass is 32.2. The third-order valence-electron chi connectivity index (χ3n) is 2.79. The fourth-order valence-corrected chi connectivity index (χ4v) is 2.48. The molecule has 2 aromatic rings. The fourth-order valence-electron chi connectivity index (χ4n) is 1.77. The first-order valence-corrected chi connectivity index (χ1v) is 8.08. The standard InChI is InChI=1S/C15H21N5S/c1-13(2)16-10-11-20-15(17-18-19-20)21-12-6-9-14-7-4-3-5-8-14/h3-9,13,16H,10-12H2,1-2H3. The van der Waals surface area contributed by atoms with Gasteiger partial charge in [-0.3, -0.25) is 0 Å². The minimum atomic E-state index is 0.478. The molecule has 0 unspecified atom stereocenters. The molecule has 1 aromatic carbocycles. The van der Waals surface area contributed by atoms with Crippen LogP contribution in [0.3, 0.4) is 0 Å². The number of tetrazole rings is 1. The van der Waals surface area contributed by atoms with E-state index in [0.717, 1.165) is 24.0 Å². The Kier molecular flexibility index (Phi) is 6.43. The van der Waals surface area contributed by atoms with Gasteiger partial charge < -0.3 is 5.32 Å². The fraction of sp³-hybridized carbons (Fsp3) is 0.400. The van der Waals surface area contributed by atoms with E-state index in [9.17, 15) is 0 Å². The predicted octanol–water partition coefficient (Wildman–Crippen LogP) is 2.48. The molecular weight excluding hydrogens is 282 g/mol. The van der Waals surface area contributed by atoms with Gasteiger partial charge in [0.15, 0.2) is 0 Å². The summed E-state index contributed by atoms with van der Waals surface area (Å²) in [6, 6.07) is 10.7. The predicted molar refractivity (Wildman–Crippen MR) is 87.2 cm³/mol. The molecule has 6 heteroatoms. The number of rotatable bonds is 8. The first-order chi connectivity index (χ1) is 10.3. The maximum absolute atomic E-state index is 4.06. The highest BCUT2D eigenvalue weighted by Crippen LogP contribution is 2.14. The van der Waals surface area contributed by atoms with E-state index < -0.39 is 0 Å². The second kappa shape index (κ2) is 8.59. The molecule has 0 atom stereocenters. The van der Waals surface area contributed by atoms with E-state index >= 15 is 0 Å². The van der Waals surface area contributed by atoms with Crippen LogP contribution in [0.4, 0.5) is 0 Å². The van der Waals surface area contributed by atoms with Gasteiger partial charge in [0.1, 0.15) is 0 Å². The summed E-state index contributed by atoms with van der Waals surface area (Å²) in [6.45, 7) is 5.92. The van der Waals surface area contributed by atoms with Gasteiger partial charge in [-0.2, -0.15) is 0 Å². The van der Waals surface area contributed by atoms with Gasteiger partial charge in [-0.1, -0.05) is 68.1 Å². The van der Waals surface area contributed by atoms with Gasteiger partial charge in [-0.05, 0) is 16.0 Å². The summed E-state index contributed by atoms with van der Waals surface area (Å²) >= 11 is 1.64. The Hall–Kier alpha value is -1.66. The van der Waals surface area contributed by atoms with Crippen molar-refractivity contribution < 1.29 is 0 Å². The topological polar surface area (TPSA) is 55.6 Å². The lowest BCUT2D eigenvalue weighted by Gasteiger charge is -2.08. The molecule has 0 amide bonds. The van der Waals surface area contributed by atoms with Gasteiger partial charge in [-0.15, -0.1) is 5.10 Å². The first-order valence-electron chi connectivity index (χ1n) is 7.09. The third-order valence-corrected chi connectivity index (χ3v) is 3.70. The minimum Gasteiger partial charge on any atom is -0.313 e. The van der Waals surface area contributed by atoms with Gasteiger partial charge >= 0.3 is 0 Å². The molecule has 0 fully saturated rings. The zero-order valence-electron chi connectivity index (χ0n) is 12.4. The second-order valence-electron chi connectivity index (χ2n) is 4.92. The van der Waals surface area contributed by atoms with Crippen LogP contribution >= 0.6 is 11.8 Å². The maximum Gasteiger partial charge on any atom is 0.209 e. The van der Waals surface area contributed by atoms with Gasteiger partial charge in [0.05, 0.1) is 6.54 Å². The lowest BCUT2D eigenvalue weighted by molar-refractivity contribution is 0.485. The van der Waals surface area contributed by atoms with Crippen LogP contribution in [0.5, 0.6) is 0 Å². The van der Waals surface area contributed by atoms with Crippen molar-refractivity contribution in [1.82, 2.24) is 25.5 Å². The summed E-state index contributed by atoms with van der Waals surface area (Å²) in [5, 5.41) is 16.0. The number of nitrogens with zero attached hydrogens (tertiary/aromatic N) is 4. The highest BCUT2D eigenvalue weighted by Gasteiger charge is 2.05. The monoisotopic (exact) mass is 303 g/mol. The lowest BCUT2D eigenvalue weighted by Crippen LogP contribution is -2.27. The van der Waals surface area contributed by atoms with Crippen molar-refractivity contribution in [2.24, 2.45) is 0 Å². The summed E-state index contributed by atoms with van der Waals surface area (Å²) < 4.78 is 1.84. The first kappa shape index (κ1) is 15.7. The summed E-state index contributed by atoms with van der Waals surface area (Å²) in [4.78, 5) is 0. The number of hydrogen-bond acceptors (Lipinski definition) is 5. The van der Waals surface area contributed by atoms with Crippen LogP contribution in [0.15, 0.2) is 41.6 Å². The van der Waals surface area contributed by atoms with Crippen molar-refractivity contribution in [3.8, 4) is 0 Å². The average Bonchev–Trinajstić information content (AvgIpc) is 2.92. The molecule has 1 N–H and O–H groups in total.